The van der Waals surface area contributed by atoms with Gasteiger partial charge in [0, 0.05) is 0 Å². The Kier molecular flexibility index (Phi) is 4.38. The van der Waals surface area contributed by atoms with E-state index in [1.165, 1.54) is 5.56 Å². The molecule has 0 unspecified atom stereocenters. The lowest BCUT2D eigenvalue weighted by atomic mass is 9.94. The Balaban J connectivity index is 1.83. The van der Waals surface area contributed by atoms with Gasteiger partial charge in [0.2, 0.25) is 5.91 Å². The van der Waals surface area contributed by atoms with Gasteiger partial charge < -0.3 is 10.1 Å². The number of hydrogen-bond acceptors (Lipinski definition) is 3. The maximum atomic E-state index is 12.9. The van der Waals surface area contributed by atoms with E-state index in [0.717, 1.165) is 18.4 Å². The monoisotopic (exact) mass is 323 g/mol. The maximum Gasteiger partial charge on any atom is 0.340 e. The first-order valence-electron chi connectivity index (χ1n) is 8.21. The molecule has 0 aromatic heterocycles. The lowest BCUT2D eigenvalue weighted by Gasteiger charge is -2.17. The fourth-order valence-electron chi connectivity index (χ4n) is 2.87. The predicted molar refractivity (Wildman–Crippen MR) is 93.1 cm³/mol. The van der Waals surface area contributed by atoms with Crippen LogP contribution in [0.25, 0.3) is 0 Å². The molecule has 1 aliphatic rings. The molecule has 124 valence electrons. The van der Waals surface area contributed by atoms with Crippen LogP contribution in [0.3, 0.4) is 0 Å². The van der Waals surface area contributed by atoms with Crippen LogP contribution in [-0.4, -0.2) is 18.5 Å². The highest BCUT2D eigenvalue weighted by molar-refractivity contribution is 6.06. The SMILES string of the molecule is CCOC(=O)c1ccccc1NC(=O)C1(c2ccc(C)cc2)CC1. The molecule has 0 aliphatic heterocycles. The second-order valence-electron chi connectivity index (χ2n) is 6.17. The lowest BCUT2D eigenvalue weighted by Crippen LogP contribution is -2.28. The van der Waals surface area contributed by atoms with Crippen LogP contribution in [-0.2, 0) is 14.9 Å². The Morgan fingerprint density at radius 2 is 1.75 bits per heavy atom. The van der Waals surface area contributed by atoms with Gasteiger partial charge in [-0.3, -0.25) is 4.79 Å². The van der Waals surface area contributed by atoms with Crippen LogP contribution >= 0.6 is 0 Å². The van der Waals surface area contributed by atoms with Crippen molar-refractivity contribution in [3.63, 3.8) is 0 Å². The molecule has 2 aromatic rings. The number of carbonyl (C=O) groups is 2. The van der Waals surface area contributed by atoms with Crippen molar-refractivity contribution in [2.24, 2.45) is 0 Å². The molecule has 1 saturated carbocycles. The summed E-state index contributed by atoms with van der Waals surface area (Å²) >= 11 is 0. The summed E-state index contributed by atoms with van der Waals surface area (Å²) < 4.78 is 5.06. The smallest absolute Gasteiger partial charge is 0.340 e. The van der Waals surface area contributed by atoms with Crippen molar-refractivity contribution in [2.75, 3.05) is 11.9 Å². The molecule has 4 nitrogen and oxygen atoms in total. The fraction of sp³-hybridized carbons (Fsp3) is 0.300. The molecule has 2 aromatic carbocycles. The van der Waals surface area contributed by atoms with Crippen molar-refractivity contribution in [1.82, 2.24) is 0 Å². The summed E-state index contributed by atoms with van der Waals surface area (Å²) in [5, 5.41) is 2.93. The number of aryl methyl sites for hydroxylation is 1. The van der Waals surface area contributed by atoms with E-state index in [1.54, 1.807) is 31.2 Å². The van der Waals surface area contributed by atoms with E-state index >= 15 is 0 Å². The van der Waals surface area contributed by atoms with E-state index in [4.69, 9.17) is 4.74 Å². The van der Waals surface area contributed by atoms with Crippen molar-refractivity contribution in [2.45, 2.75) is 32.1 Å². The summed E-state index contributed by atoms with van der Waals surface area (Å²) in [6, 6.07) is 15.0. The number of rotatable bonds is 5. The third-order valence-electron chi connectivity index (χ3n) is 4.46. The molecule has 0 radical (unpaired) electrons. The van der Waals surface area contributed by atoms with Gasteiger partial charge in [0.1, 0.15) is 0 Å². The Hall–Kier alpha value is -2.62. The molecular formula is C20H21NO3. The average molecular weight is 323 g/mol. The lowest BCUT2D eigenvalue weighted by molar-refractivity contribution is -0.118. The molecule has 1 N–H and O–H groups in total. The Morgan fingerprint density at radius 1 is 1.08 bits per heavy atom. The first-order chi connectivity index (χ1) is 11.6. The summed E-state index contributed by atoms with van der Waals surface area (Å²) in [5.41, 5.74) is 2.60. The molecule has 1 fully saturated rings. The molecule has 0 spiro atoms. The number of amides is 1. The first-order valence-corrected chi connectivity index (χ1v) is 8.21. The van der Waals surface area contributed by atoms with Crippen molar-refractivity contribution < 1.29 is 14.3 Å². The van der Waals surface area contributed by atoms with E-state index < -0.39 is 11.4 Å². The van der Waals surface area contributed by atoms with E-state index in [-0.39, 0.29) is 5.91 Å². The topological polar surface area (TPSA) is 55.4 Å². The Morgan fingerprint density at radius 3 is 2.38 bits per heavy atom. The van der Waals surface area contributed by atoms with Crippen LogP contribution in [0.15, 0.2) is 48.5 Å². The van der Waals surface area contributed by atoms with Crippen LogP contribution in [0.1, 0.15) is 41.3 Å². The van der Waals surface area contributed by atoms with Crippen LogP contribution < -0.4 is 5.32 Å². The van der Waals surface area contributed by atoms with Gasteiger partial charge in [0.05, 0.1) is 23.3 Å². The highest BCUT2D eigenvalue weighted by Gasteiger charge is 2.51. The third kappa shape index (κ3) is 3.04. The molecule has 0 saturated heterocycles. The van der Waals surface area contributed by atoms with Gasteiger partial charge in [-0.05, 0) is 44.4 Å². The second kappa shape index (κ2) is 6.48. The zero-order valence-electron chi connectivity index (χ0n) is 14.0. The molecule has 24 heavy (non-hydrogen) atoms. The van der Waals surface area contributed by atoms with Crippen molar-refractivity contribution in [3.8, 4) is 0 Å². The van der Waals surface area contributed by atoms with E-state index in [2.05, 4.69) is 5.32 Å². The zero-order valence-corrected chi connectivity index (χ0v) is 14.0. The van der Waals surface area contributed by atoms with Crippen molar-refractivity contribution >= 4 is 17.6 Å². The summed E-state index contributed by atoms with van der Waals surface area (Å²) in [5.74, 6) is -0.489. The minimum absolute atomic E-state index is 0.0666. The number of hydrogen-bond donors (Lipinski definition) is 1. The third-order valence-corrected chi connectivity index (χ3v) is 4.46. The molecule has 0 heterocycles. The van der Waals surface area contributed by atoms with Gasteiger partial charge in [-0.1, -0.05) is 42.0 Å². The van der Waals surface area contributed by atoms with Crippen molar-refractivity contribution in [1.29, 1.82) is 0 Å². The van der Waals surface area contributed by atoms with Crippen molar-refractivity contribution in [3.05, 3.63) is 65.2 Å². The number of para-hydroxylation sites is 1. The highest BCUT2D eigenvalue weighted by atomic mass is 16.5. The van der Waals surface area contributed by atoms with Gasteiger partial charge in [-0.15, -0.1) is 0 Å². The summed E-state index contributed by atoms with van der Waals surface area (Å²) in [6.07, 6.45) is 1.65. The summed E-state index contributed by atoms with van der Waals surface area (Å²) in [7, 11) is 0. The van der Waals surface area contributed by atoms with Crippen LogP contribution in [0.2, 0.25) is 0 Å². The van der Waals surface area contributed by atoms with Gasteiger partial charge in [-0.25, -0.2) is 4.79 Å². The Labute approximate surface area is 141 Å². The van der Waals surface area contributed by atoms with Gasteiger partial charge >= 0.3 is 5.97 Å². The Bertz CT molecular complexity index is 761. The molecular weight excluding hydrogens is 302 g/mol. The molecule has 3 rings (SSSR count). The van der Waals surface area contributed by atoms with E-state index in [1.807, 2.05) is 31.2 Å². The maximum absolute atomic E-state index is 12.9. The number of benzene rings is 2. The second-order valence-corrected chi connectivity index (χ2v) is 6.17. The number of esters is 1. The minimum Gasteiger partial charge on any atom is -0.462 e. The average Bonchev–Trinajstić information content (AvgIpc) is 3.38. The predicted octanol–water partition coefficient (Wildman–Crippen LogP) is 3.84. The molecule has 1 aliphatic carbocycles. The highest BCUT2D eigenvalue weighted by Crippen LogP contribution is 2.49. The van der Waals surface area contributed by atoms with Crippen LogP contribution in [0, 0.1) is 6.92 Å². The van der Waals surface area contributed by atoms with E-state index in [9.17, 15) is 9.59 Å². The van der Waals surface area contributed by atoms with Gasteiger partial charge in [0.25, 0.3) is 0 Å². The van der Waals surface area contributed by atoms with Gasteiger partial charge in [0.15, 0.2) is 0 Å². The van der Waals surface area contributed by atoms with Crippen LogP contribution in [0.4, 0.5) is 5.69 Å². The van der Waals surface area contributed by atoms with E-state index in [0.29, 0.717) is 17.9 Å². The molecule has 1 amide bonds. The number of carbonyl (C=O) groups excluding carboxylic acids is 2. The molecule has 0 atom stereocenters. The number of ether oxygens (including phenoxy) is 1. The molecule has 4 heteroatoms. The summed E-state index contributed by atoms with van der Waals surface area (Å²) in [4.78, 5) is 24.9. The largest absolute Gasteiger partial charge is 0.462 e. The van der Waals surface area contributed by atoms with Gasteiger partial charge in [-0.2, -0.15) is 0 Å². The number of anilines is 1. The summed E-state index contributed by atoms with van der Waals surface area (Å²) in [6.45, 7) is 4.09. The quantitative estimate of drug-likeness (QED) is 0.851. The van der Waals surface area contributed by atoms with Crippen LogP contribution in [0.5, 0.6) is 0 Å². The fourth-order valence-corrected chi connectivity index (χ4v) is 2.87. The zero-order chi connectivity index (χ0) is 17.2. The normalized spacial score (nSPS) is 14.8. The first kappa shape index (κ1) is 16.2. The minimum atomic E-state index is -0.477. The molecule has 0 bridgehead atoms. The standard InChI is InChI=1S/C20H21NO3/c1-3-24-18(22)16-6-4-5-7-17(16)21-19(23)20(12-13-20)15-10-8-14(2)9-11-15/h4-11H,3,12-13H2,1-2H3,(H,21,23). The number of nitrogens with one attached hydrogen (secondary N) is 1.